The fourth-order valence-electron chi connectivity index (χ4n) is 3.59. The summed E-state index contributed by atoms with van der Waals surface area (Å²) in [4.78, 5) is 15.3. The number of nitrogens with one attached hydrogen (secondary N) is 1. The summed E-state index contributed by atoms with van der Waals surface area (Å²) in [6, 6.07) is 0. The topological polar surface area (TPSA) is 41.6 Å². The van der Waals surface area contributed by atoms with Gasteiger partial charge in [0, 0.05) is 13.1 Å². The predicted octanol–water partition coefficient (Wildman–Crippen LogP) is 4.09. The second-order valence-corrected chi connectivity index (χ2v) is 10.1. The number of rotatable bonds is 9. The van der Waals surface area contributed by atoms with Crippen LogP contribution in [0.4, 0.5) is 0 Å². The largest absolute Gasteiger partial charge is 0.465 e. The van der Waals surface area contributed by atoms with Crippen LogP contribution in [0.1, 0.15) is 74.1 Å². The maximum Gasteiger partial charge on any atom is 0.312 e. The molecule has 25 heavy (non-hydrogen) atoms. The zero-order valence-corrected chi connectivity index (χ0v) is 17.8. The monoisotopic (exact) mass is 354 g/mol. The molecule has 1 atom stereocenters. The molecule has 0 aromatic heterocycles. The van der Waals surface area contributed by atoms with Crippen molar-refractivity contribution in [2.45, 2.75) is 74.1 Å². The molecule has 1 saturated heterocycles. The van der Waals surface area contributed by atoms with E-state index >= 15 is 0 Å². The zero-order chi connectivity index (χ0) is 19.1. The number of esters is 1. The molecule has 4 nitrogen and oxygen atoms in total. The SMILES string of the molecule is CC(C)(C)CC(C)(C(=O)OCCCNCCN1CCCC1)C(C)(C)C. The highest BCUT2D eigenvalue weighted by atomic mass is 16.5. The lowest BCUT2D eigenvalue weighted by atomic mass is 9.61. The van der Waals surface area contributed by atoms with E-state index in [9.17, 15) is 4.79 Å². The van der Waals surface area contributed by atoms with E-state index in [-0.39, 0.29) is 16.8 Å². The van der Waals surface area contributed by atoms with E-state index in [1.807, 2.05) is 0 Å². The molecular formula is C21H42N2O2. The van der Waals surface area contributed by atoms with E-state index in [1.165, 1.54) is 25.9 Å². The van der Waals surface area contributed by atoms with Gasteiger partial charge in [-0.3, -0.25) is 4.79 Å². The fraction of sp³-hybridized carbons (Fsp3) is 0.952. The molecular weight excluding hydrogens is 312 g/mol. The maximum absolute atomic E-state index is 12.8. The molecule has 148 valence electrons. The Balaban J connectivity index is 2.30. The van der Waals surface area contributed by atoms with Gasteiger partial charge >= 0.3 is 5.97 Å². The highest BCUT2D eigenvalue weighted by molar-refractivity contribution is 5.77. The molecule has 0 bridgehead atoms. The van der Waals surface area contributed by atoms with Crippen LogP contribution in [0.5, 0.6) is 0 Å². The van der Waals surface area contributed by atoms with Gasteiger partial charge in [0.15, 0.2) is 0 Å². The number of nitrogens with zero attached hydrogens (tertiary/aromatic N) is 1. The molecule has 1 fully saturated rings. The molecule has 0 spiro atoms. The summed E-state index contributed by atoms with van der Waals surface area (Å²) in [6.07, 6.45) is 4.39. The third kappa shape index (κ3) is 7.65. The summed E-state index contributed by atoms with van der Waals surface area (Å²) in [5.74, 6) is -0.0491. The molecule has 0 aromatic carbocycles. The Morgan fingerprint density at radius 2 is 1.60 bits per heavy atom. The molecule has 0 saturated carbocycles. The minimum Gasteiger partial charge on any atom is -0.465 e. The molecule has 1 aliphatic heterocycles. The van der Waals surface area contributed by atoms with Crippen LogP contribution in [0.2, 0.25) is 0 Å². The molecule has 0 aromatic rings. The van der Waals surface area contributed by atoms with Gasteiger partial charge in [0.1, 0.15) is 0 Å². The van der Waals surface area contributed by atoms with Gasteiger partial charge in [-0.1, -0.05) is 41.5 Å². The number of carbonyl (C=O) groups excluding carboxylic acids is 1. The molecule has 1 unspecified atom stereocenters. The van der Waals surface area contributed by atoms with Gasteiger partial charge in [0.05, 0.1) is 12.0 Å². The van der Waals surface area contributed by atoms with Gasteiger partial charge in [-0.2, -0.15) is 0 Å². The van der Waals surface area contributed by atoms with Crippen LogP contribution >= 0.6 is 0 Å². The highest BCUT2D eigenvalue weighted by Crippen LogP contribution is 2.47. The summed E-state index contributed by atoms with van der Waals surface area (Å²) in [5, 5.41) is 3.46. The normalized spacial score (nSPS) is 19.0. The lowest BCUT2D eigenvalue weighted by Gasteiger charge is -2.43. The second kappa shape index (κ2) is 9.36. The molecule has 4 heteroatoms. The first kappa shape index (κ1) is 22.4. The van der Waals surface area contributed by atoms with Gasteiger partial charge in [0.2, 0.25) is 0 Å². The van der Waals surface area contributed by atoms with E-state index in [4.69, 9.17) is 4.74 Å². The number of likely N-dealkylation sites (tertiary alicyclic amines) is 1. The van der Waals surface area contributed by atoms with Gasteiger partial charge in [-0.05, 0) is 63.1 Å². The lowest BCUT2D eigenvalue weighted by molar-refractivity contribution is -0.164. The van der Waals surface area contributed by atoms with Gasteiger partial charge in [0.25, 0.3) is 0 Å². The maximum atomic E-state index is 12.8. The van der Waals surface area contributed by atoms with E-state index in [2.05, 4.69) is 58.7 Å². The van der Waals surface area contributed by atoms with Crippen LogP contribution in [0.3, 0.4) is 0 Å². The Morgan fingerprint density at radius 1 is 1.00 bits per heavy atom. The Kier molecular flexibility index (Phi) is 8.40. The van der Waals surface area contributed by atoms with Crippen molar-refractivity contribution in [3.63, 3.8) is 0 Å². The van der Waals surface area contributed by atoms with Crippen LogP contribution in [-0.2, 0) is 9.53 Å². The Bertz CT molecular complexity index is 403. The number of ether oxygens (including phenoxy) is 1. The first-order valence-electron chi connectivity index (χ1n) is 10.1. The molecule has 0 radical (unpaired) electrons. The van der Waals surface area contributed by atoms with Crippen LogP contribution < -0.4 is 5.32 Å². The van der Waals surface area contributed by atoms with Gasteiger partial charge in [-0.25, -0.2) is 0 Å². The van der Waals surface area contributed by atoms with Crippen molar-refractivity contribution in [3.05, 3.63) is 0 Å². The first-order valence-corrected chi connectivity index (χ1v) is 10.1. The van der Waals surface area contributed by atoms with Crippen LogP contribution in [0, 0.1) is 16.2 Å². The van der Waals surface area contributed by atoms with Crippen LogP contribution in [0.25, 0.3) is 0 Å². The van der Waals surface area contributed by atoms with Gasteiger partial charge < -0.3 is 15.0 Å². The Morgan fingerprint density at radius 3 is 2.12 bits per heavy atom. The quantitative estimate of drug-likeness (QED) is 0.500. The van der Waals surface area contributed by atoms with Crippen LogP contribution in [-0.4, -0.2) is 50.2 Å². The second-order valence-electron chi connectivity index (χ2n) is 10.1. The van der Waals surface area contributed by atoms with Crippen molar-refractivity contribution in [2.75, 3.05) is 39.3 Å². The van der Waals surface area contributed by atoms with E-state index < -0.39 is 5.41 Å². The molecule has 1 heterocycles. The van der Waals surface area contributed by atoms with Crippen molar-refractivity contribution in [1.82, 2.24) is 10.2 Å². The van der Waals surface area contributed by atoms with E-state index in [0.29, 0.717) is 6.61 Å². The number of hydrogen-bond acceptors (Lipinski definition) is 4. The minimum absolute atomic E-state index is 0.0491. The number of carbonyl (C=O) groups is 1. The molecule has 1 N–H and O–H groups in total. The summed E-state index contributed by atoms with van der Waals surface area (Å²) < 4.78 is 5.67. The number of hydrogen-bond donors (Lipinski definition) is 1. The van der Waals surface area contributed by atoms with Crippen molar-refractivity contribution in [2.24, 2.45) is 16.2 Å². The zero-order valence-electron chi connectivity index (χ0n) is 17.8. The average Bonchev–Trinajstić information content (AvgIpc) is 2.96. The van der Waals surface area contributed by atoms with Crippen LogP contribution in [0.15, 0.2) is 0 Å². The standard InChI is InChI=1S/C21H42N2O2/c1-19(2,3)17-21(7,20(4,5)6)18(24)25-16-10-11-22-12-15-23-13-8-9-14-23/h22H,8-17H2,1-7H3. The summed E-state index contributed by atoms with van der Waals surface area (Å²) in [6.45, 7) is 21.1. The average molecular weight is 355 g/mol. The van der Waals surface area contributed by atoms with Crippen molar-refractivity contribution < 1.29 is 9.53 Å². The highest BCUT2D eigenvalue weighted by Gasteiger charge is 2.47. The van der Waals surface area contributed by atoms with Crippen molar-refractivity contribution >= 4 is 5.97 Å². The first-order chi connectivity index (χ1) is 11.5. The van der Waals surface area contributed by atoms with E-state index in [0.717, 1.165) is 32.5 Å². The summed E-state index contributed by atoms with van der Waals surface area (Å²) in [7, 11) is 0. The summed E-state index contributed by atoms with van der Waals surface area (Å²) in [5.41, 5.74) is -0.488. The molecule has 1 aliphatic rings. The van der Waals surface area contributed by atoms with Crippen molar-refractivity contribution in [1.29, 1.82) is 0 Å². The van der Waals surface area contributed by atoms with Crippen molar-refractivity contribution in [3.8, 4) is 0 Å². The Labute approximate surface area is 156 Å². The third-order valence-corrected chi connectivity index (χ3v) is 5.52. The minimum atomic E-state index is -0.464. The fourth-order valence-corrected chi connectivity index (χ4v) is 3.59. The lowest BCUT2D eigenvalue weighted by Crippen LogP contribution is -2.44. The Hall–Kier alpha value is -0.610. The molecule has 0 amide bonds. The molecule has 0 aliphatic carbocycles. The molecule has 1 rings (SSSR count). The third-order valence-electron chi connectivity index (χ3n) is 5.52. The predicted molar refractivity (Wildman–Crippen MR) is 106 cm³/mol. The van der Waals surface area contributed by atoms with Gasteiger partial charge in [-0.15, -0.1) is 0 Å². The van der Waals surface area contributed by atoms with E-state index in [1.54, 1.807) is 0 Å². The summed E-state index contributed by atoms with van der Waals surface area (Å²) >= 11 is 0. The smallest absolute Gasteiger partial charge is 0.312 e.